The standard InChI is InChI=1S/C12H16N4O3S/c13-9(17)8-6-20-10(15-8)16-4-1-2-12(3-5-16)7-14-11(18)19-12/h6H,1-5,7H2,(H2,13,17)(H,14,18)/t12-/m1/s1. The highest BCUT2D eigenvalue weighted by molar-refractivity contribution is 7.13. The molecule has 3 N–H and O–H groups in total. The van der Waals surface area contributed by atoms with E-state index >= 15 is 0 Å². The van der Waals surface area contributed by atoms with Crippen LogP contribution in [0.25, 0.3) is 0 Å². The monoisotopic (exact) mass is 296 g/mol. The second-order valence-corrected chi connectivity index (χ2v) is 5.98. The molecule has 0 bridgehead atoms. The van der Waals surface area contributed by atoms with E-state index in [-0.39, 0.29) is 11.7 Å². The number of ether oxygens (including phenoxy) is 1. The highest BCUT2D eigenvalue weighted by Crippen LogP contribution is 2.32. The van der Waals surface area contributed by atoms with E-state index in [1.807, 2.05) is 0 Å². The summed E-state index contributed by atoms with van der Waals surface area (Å²) in [6.45, 7) is 2.16. The van der Waals surface area contributed by atoms with Gasteiger partial charge in [-0.15, -0.1) is 11.3 Å². The van der Waals surface area contributed by atoms with Crippen molar-refractivity contribution in [2.24, 2.45) is 5.73 Å². The Kier molecular flexibility index (Phi) is 3.25. The summed E-state index contributed by atoms with van der Waals surface area (Å²) in [6, 6.07) is 0. The van der Waals surface area contributed by atoms with Crippen LogP contribution in [0.3, 0.4) is 0 Å². The molecule has 108 valence electrons. The van der Waals surface area contributed by atoms with Crippen molar-refractivity contribution in [2.45, 2.75) is 24.9 Å². The minimum atomic E-state index is -0.507. The summed E-state index contributed by atoms with van der Waals surface area (Å²) in [5, 5.41) is 5.20. The van der Waals surface area contributed by atoms with E-state index in [0.29, 0.717) is 12.2 Å². The number of primary amides is 1. The molecule has 2 saturated heterocycles. The predicted octanol–water partition coefficient (Wildman–Crippen LogP) is 0.711. The van der Waals surface area contributed by atoms with Crippen molar-refractivity contribution in [3.05, 3.63) is 11.1 Å². The predicted molar refractivity (Wildman–Crippen MR) is 73.9 cm³/mol. The Balaban J connectivity index is 1.70. The number of carbonyl (C=O) groups excluding carboxylic acids is 2. The average Bonchev–Trinajstić information content (AvgIpc) is 2.96. The molecule has 20 heavy (non-hydrogen) atoms. The third-order valence-corrected chi connectivity index (χ3v) is 4.68. The summed E-state index contributed by atoms with van der Waals surface area (Å²) in [4.78, 5) is 28.7. The lowest BCUT2D eigenvalue weighted by atomic mass is 9.95. The van der Waals surface area contributed by atoms with E-state index in [2.05, 4.69) is 15.2 Å². The summed E-state index contributed by atoms with van der Waals surface area (Å²) in [5.74, 6) is -0.507. The van der Waals surface area contributed by atoms with Crippen molar-refractivity contribution < 1.29 is 14.3 Å². The number of thiazole rings is 1. The van der Waals surface area contributed by atoms with Gasteiger partial charge in [0, 0.05) is 24.9 Å². The molecule has 1 atom stereocenters. The van der Waals surface area contributed by atoms with Crippen molar-refractivity contribution >= 4 is 28.5 Å². The lowest BCUT2D eigenvalue weighted by Gasteiger charge is -2.24. The molecule has 3 heterocycles. The molecule has 8 heteroatoms. The van der Waals surface area contributed by atoms with Gasteiger partial charge in [0.15, 0.2) is 5.13 Å². The number of nitrogens with zero attached hydrogens (tertiary/aromatic N) is 2. The molecule has 1 aromatic rings. The van der Waals surface area contributed by atoms with Gasteiger partial charge >= 0.3 is 6.09 Å². The van der Waals surface area contributed by atoms with Crippen molar-refractivity contribution in [2.75, 3.05) is 24.5 Å². The van der Waals surface area contributed by atoms with Crippen LogP contribution in [0.5, 0.6) is 0 Å². The summed E-state index contributed by atoms with van der Waals surface area (Å²) < 4.78 is 5.43. The second-order valence-electron chi connectivity index (χ2n) is 5.15. The molecule has 0 radical (unpaired) electrons. The first kappa shape index (κ1) is 13.2. The summed E-state index contributed by atoms with van der Waals surface area (Å²) in [6.07, 6.45) is 2.19. The van der Waals surface area contributed by atoms with Gasteiger partial charge in [-0.1, -0.05) is 0 Å². The quantitative estimate of drug-likeness (QED) is 0.837. The third-order valence-electron chi connectivity index (χ3n) is 3.78. The first-order chi connectivity index (χ1) is 9.58. The zero-order valence-corrected chi connectivity index (χ0v) is 11.7. The molecule has 3 rings (SSSR count). The Morgan fingerprint density at radius 2 is 2.35 bits per heavy atom. The van der Waals surface area contributed by atoms with E-state index in [1.165, 1.54) is 11.3 Å². The number of hydrogen-bond acceptors (Lipinski definition) is 6. The van der Waals surface area contributed by atoms with Crippen LogP contribution < -0.4 is 16.0 Å². The summed E-state index contributed by atoms with van der Waals surface area (Å²) >= 11 is 1.42. The fraction of sp³-hybridized carbons (Fsp3) is 0.583. The lowest BCUT2D eigenvalue weighted by molar-refractivity contribution is 0.0473. The average molecular weight is 296 g/mol. The number of amides is 2. The van der Waals surface area contributed by atoms with Crippen molar-refractivity contribution in [1.82, 2.24) is 10.3 Å². The maximum absolute atomic E-state index is 11.2. The van der Waals surface area contributed by atoms with Gasteiger partial charge < -0.3 is 20.7 Å². The summed E-state index contributed by atoms with van der Waals surface area (Å²) in [7, 11) is 0. The Bertz CT molecular complexity index is 547. The Labute approximate surface area is 120 Å². The maximum Gasteiger partial charge on any atom is 0.407 e. The van der Waals surface area contributed by atoms with Gasteiger partial charge in [-0.3, -0.25) is 4.79 Å². The van der Waals surface area contributed by atoms with E-state index in [9.17, 15) is 9.59 Å². The van der Waals surface area contributed by atoms with Gasteiger partial charge in [-0.05, 0) is 12.8 Å². The molecular weight excluding hydrogens is 280 g/mol. The largest absolute Gasteiger partial charge is 0.441 e. The van der Waals surface area contributed by atoms with Crippen molar-refractivity contribution in [3.63, 3.8) is 0 Å². The highest BCUT2D eigenvalue weighted by atomic mass is 32.1. The van der Waals surface area contributed by atoms with Gasteiger partial charge in [0.25, 0.3) is 5.91 Å². The minimum absolute atomic E-state index is 0.304. The highest BCUT2D eigenvalue weighted by Gasteiger charge is 2.41. The minimum Gasteiger partial charge on any atom is -0.441 e. The third kappa shape index (κ3) is 2.43. The first-order valence-corrected chi connectivity index (χ1v) is 7.43. The van der Waals surface area contributed by atoms with Crippen LogP contribution in [-0.4, -0.2) is 42.2 Å². The molecular formula is C12H16N4O3S. The van der Waals surface area contributed by atoms with Gasteiger partial charge in [0.1, 0.15) is 11.3 Å². The van der Waals surface area contributed by atoms with Gasteiger partial charge in [-0.25, -0.2) is 9.78 Å². The fourth-order valence-electron chi connectivity index (χ4n) is 2.66. The Morgan fingerprint density at radius 1 is 1.50 bits per heavy atom. The van der Waals surface area contributed by atoms with Crippen molar-refractivity contribution in [1.29, 1.82) is 0 Å². The molecule has 1 aromatic heterocycles. The molecule has 2 aliphatic heterocycles. The van der Waals surface area contributed by atoms with Crippen LogP contribution in [0.4, 0.5) is 9.93 Å². The SMILES string of the molecule is NC(=O)c1csc(N2CCC[C@@]3(CC2)CNC(=O)O3)n1. The normalized spacial score (nSPS) is 26.2. The topological polar surface area (TPSA) is 97.6 Å². The van der Waals surface area contributed by atoms with Gasteiger partial charge in [-0.2, -0.15) is 0 Å². The van der Waals surface area contributed by atoms with Crippen LogP contribution in [0.15, 0.2) is 5.38 Å². The van der Waals surface area contributed by atoms with E-state index in [1.54, 1.807) is 5.38 Å². The van der Waals surface area contributed by atoms with Crippen LogP contribution >= 0.6 is 11.3 Å². The van der Waals surface area contributed by atoms with Crippen LogP contribution in [0, 0.1) is 0 Å². The number of alkyl carbamates (subject to hydrolysis) is 1. The maximum atomic E-state index is 11.2. The summed E-state index contributed by atoms with van der Waals surface area (Å²) in [5.41, 5.74) is 5.14. The van der Waals surface area contributed by atoms with E-state index < -0.39 is 5.91 Å². The zero-order chi connectivity index (χ0) is 14.2. The number of anilines is 1. The molecule has 2 fully saturated rings. The smallest absolute Gasteiger partial charge is 0.407 e. The van der Waals surface area contributed by atoms with E-state index in [0.717, 1.165) is 37.5 Å². The van der Waals surface area contributed by atoms with Crippen LogP contribution in [0.1, 0.15) is 29.8 Å². The number of nitrogens with two attached hydrogens (primary N) is 1. The lowest BCUT2D eigenvalue weighted by Crippen LogP contribution is -2.34. The Morgan fingerprint density at radius 3 is 3.00 bits per heavy atom. The fourth-order valence-corrected chi connectivity index (χ4v) is 3.53. The van der Waals surface area contributed by atoms with E-state index in [4.69, 9.17) is 10.5 Å². The van der Waals surface area contributed by atoms with Gasteiger partial charge in [0.2, 0.25) is 0 Å². The van der Waals surface area contributed by atoms with Crippen LogP contribution in [0.2, 0.25) is 0 Å². The number of rotatable bonds is 2. The first-order valence-electron chi connectivity index (χ1n) is 6.55. The molecule has 2 aliphatic rings. The molecule has 1 spiro atoms. The molecule has 0 unspecified atom stereocenters. The zero-order valence-electron chi connectivity index (χ0n) is 10.9. The molecule has 0 saturated carbocycles. The molecule has 2 amide bonds. The number of nitrogens with one attached hydrogen (secondary N) is 1. The van der Waals surface area contributed by atoms with Crippen molar-refractivity contribution in [3.8, 4) is 0 Å². The number of carbonyl (C=O) groups is 2. The molecule has 7 nitrogen and oxygen atoms in total. The van der Waals surface area contributed by atoms with Gasteiger partial charge in [0.05, 0.1) is 6.54 Å². The number of hydrogen-bond donors (Lipinski definition) is 2. The molecule has 0 aromatic carbocycles. The molecule has 0 aliphatic carbocycles. The number of aromatic nitrogens is 1. The second kappa shape index (κ2) is 4.93. The van der Waals surface area contributed by atoms with Crippen LogP contribution in [-0.2, 0) is 4.74 Å². The Hall–Kier alpha value is -1.83.